The fraction of sp³-hybridized carbons (Fsp3) is 0.267. The first kappa shape index (κ1) is 13.2. The molecule has 0 saturated carbocycles. The monoisotopic (exact) mass is 230 g/mol. The maximum atomic E-state index is 11.2. The Labute approximate surface area is 103 Å². The molecular weight excluding hydrogens is 212 g/mol. The van der Waals surface area contributed by atoms with Crippen LogP contribution in [0.1, 0.15) is 30.6 Å². The first-order chi connectivity index (χ1) is 8.17. The fourth-order valence-electron chi connectivity index (χ4n) is 1.46. The normalized spacial score (nSPS) is 11.1. The summed E-state index contributed by atoms with van der Waals surface area (Å²) in [6, 6.07) is 7.24. The summed E-state index contributed by atoms with van der Waals surface area (Å²) in [5.74, 6) is 0.785. The molecule has 0 saturated heterocycles. The van der Waals surface area contributed by atoms with Crippen molar-refractivity contribution in [3.8, 4) is 5.75 Å². The number of ketones is 1. The second-order valence-electron chi connectivity index (χ2n) is 3.75. The van der Waals surface area contributed by atoms with Gasteiger partial charge in [-0.3, -0.25) is 4.79 Å². The van der Waals surface area contributed by atoms with E-state index in [1.807, 2.05) is 31.2 Å². The highest BCUT2D eigenvalue weighted by molar-refractivity contribution is 5.94. The molecule has 0 N–H and O–H groups in total. The second kappa shape index (κ2) is 6.69. The first-order valence-corrected chi connectivity index (χ1v) is 5.68. The van der Waals surface area contributed by atoms with Gasteiger partial charge in [-0.05, 0) is 31.6 Å². The van der Waals surface area contributed by atoms with E-state index in [2.05, 4.69) is 6.58 Å². The van der Waals surface area contributed by atoms with E-state index in [1.165, 1.54) is 0 Å². The molecular formula is C15H18O2. The largest absolute Gasteiger partial charge is 0.493 e. The molecule has 1 aromatic rings. The molecule has 0 spiro atoms. The van der Waals surface area contributed by atoms with Crippen LogP contribution >= 0.6 is 0 Å². The number of hydrogen-bond acceptors (Lipinski definition) is 2. The Morgan fingerprint density at radius 3 is 2.82 bits per heavy atom. The highest BCUT2D eigenvalue weighted by Crippen LogP contribution is 2.14. The Morgan fingerprint density at radius 1 is 1.47 bits per heavy atom. The molecule has 17 heavy (non-hydrogen) atoms. The Balaban J connectivity index is 2.55. The predicted molar refractivity (Wildman–Crippen MR) is 70.5 cm³/mol. The van der Waals surface area contributed by atoms with Gasteiger partial charge >= 0.3 is 0 Å². The Kier molecular flexibility index (Phi) is 5.21. The SMILES string of the molecule is C=C/C(=C\C)CCOc1cccc(C(C)=O)c1. The van der Waals surface area contributed by atoms with E-state index in [0.29, 0.717) is 12.2 Å². The smallest absolute Gasteiger partial charge is 0.159 e. The van der Waals surface area contributed by atoms with Gasteiger partial charge in [-0.25, -0.2) is 0 Å². The predicted octanol–water partition coefficient (Wildman–Crippen LogP) is 3.79. The van der Waals surface area contributed by atoms with Crippen LogP contribution in [0.2, 0.25) is 0 Å². The topological polar surface area (TPSA) is 26.3 Å². The average molecular weight is 230 g/mol. The summed E-state index contributed by atoms with van der Waals surface area (Å²) in [5.41, 5.74) is 1.84. The van der Waals surface area contributed by atoms with Crippen LogP contribution in [0.4, 0.5) is 0 Å². The molecule has 1 rings (SSSR count). The van der Waals surface area contributed by atoms with Crippen molar-refractivity contribution >= 4 is 5.78 Å². The maximum Gasteiger partial charge on any atom is 0.159 e. The van der Waals surface area contributed by atoms with E-state index >= 15 is 0 Å². The van der Waals surface area contributed by atoms with E-state index in [9.17, 15) is 4.79 Å². The summed E-state index contributed by atoms with van der Waals surface area (Å²) in [6.45, 7) is 7.85. The quantitative estimate of drug-likeness (QED) is 0.549. The van der Waals surface area contributed by atoms with Gasteiger partial charge in [-0.15, -0.1) is 0 Å². The first-order valence-electron chi connectivity index (χ1n) is 5.68. The molecule has 0 amide bonds. The van der Waals surface area contributed by atoms with Gasteiger partial charge in [-0.2, -0.15) is 0 Å². The van der Waals surface area contributed by atoms with Crippen LogP contribution in [-0.2, 0) is 0 Å². The third-order valence-corrected chi connectivity index (χ3v) is 2.53. The molecule has 1 aromatic carbocycles. The molecule has 0 bridgehead atoms. The molecule has 0 unspecified atom stereocenters. The summed E-state index contributed by atoms with van der Waals surface area (Å²) in [6.07, 6.45) is 4.67. The van der Waals surface area contributed by atoms with Gasteiger partial charge in [0.15, 0.2) is 5.78 Å². The Hall–Kier alpha value is -1.83. The second-order valence-corrected chi connectivity index (χ2v) is 3.75. The molecule has 0 atom stereocenters. The highest BCUT2D eigenvalue weighted by atomic mass is 16.5. The van der Waals surface area contributed by atoms with Gasteiger partial charge in [0.05, 0.1) is 6.61 Å². The molecule has 0 aliphatic carbocycles. The van der Waals surface area contributed by atoms with Crippen molar-refractivity contribution in [1.29, 1.82) is 0 Å². The molecule has 0 heterocycles. The van der Waals surface area contributed by atoms with E-state index in [0.717, 1.165) is 17.7 Å². The molecule has 0 aliphatic rings. The average Bonchev–Trinajstić information content (AvgIpc) is 2.35. The van der Waals surface area contributed by atoms with Gasteiger partial charge in [0, 0.05) is 12.0 Å². The number of hydrogen-bond donors (Lipinski definition) is 0. The zero-order chi connectivity index (χ0) is 12.7. The van der Waals surface area contributed by atoms with E-state index in [4.69, 9.17) is 4.74 Å². The van der Waals surface area contributed by atoms with Crippen molar-refractivity contribution < 1.29 is 9.53 Å². The van der Waals surface area contributed by atoms with E-state index in [-0.39, 0.29) is 5.78 Å². The van der Waals surface area contributed by atoms with Crippen molar-refractivity contribution in [2.24, 2.45) is 0 Å². The lowest BCUT2D eigenvalue weighted by atomic mass is 10.1. The van der Waals surface area contributed by atoms with Crippen molar-refractivity contribution in [1.82, 2.24) is 0 Å². The zero-order valence-electron chi connectivity index (χ0n) is 10.4. The highest BCUT2D eigenvalue weighted by Gasteiger charge is 2.01. The number of ether oxygens (including phenoxy) is 1. The number of carbonyl (C=O) groups is 1. The minimum absolute atomic E-state index is 0.0516. The van der Waals surface area contributed by atoms with Crippen LogP contribution in [0.5, 0.6) is 5.75 Å². The van der Waals surface area contributed by atoms with E-state index in [1.54, 1.807) is 19.1 Å². The fourth-order valence-corrected chi connectivity index (χ4v) is 1.46. The minimum Gasteiger partial charge on any atom is -0.493 e. The number of benzene rings is 1. The number of Topliss-reactive ketones (excluding diaryl/α,β-unsaturated/α-hetero) is 1. The maximum absolute atomic E-state index is 11.2. The van der Waals surface area contributed by atoms with Crippen molar-refractivity contribution in [2.45, 2.75) is 20.3 Å². The van der Waals surface area contributed by atoms with Crippen LogP contribution in [0.3, 0.4) is 0 Å². The van der Waals surface area contributed by atoms with Gasteiger partial charge in [0.25, 0.3) is 0 Å². The molecule has 2 heteroatoms. The lowest BCUT2D eigenvalue weighted by Gasteiger charge is -2.07. The molecule has 2 nitrogen and oxygen atoms in total. The van der Waals surface area contributed by atoms with Crippen molar-refractivity contribution in [2.75, 3.05) is 6.61 Å². The summed E-state index contributed by atoms with van der Waals surface area (Å²) in [5, 5.41) is 0. The van der Waals surface area contributed by atoms with E-state index < -0.39 is 0 Å². The number of rotatable bonds is 6. The number of allylic oxidation sites excluding steroid dienone is 2. The third kappa shape index (κ3) is 4.27. The molecule has 90 valence electrons. The van der Waals surface area contributed by atoms with Gasteiger partial charge in [0.2, 0.25) is 0 Å². The minimum atomic E-state index is 0.0516. The Bertz CT molecular complexity index is 430. The van der Waals surface area contributed by atoms with Crippen LogP contribution in [0.15, 0.2) is 48.6 Å². The van der Waals surface area contributed by atoms with Crippen LogP contribution in [-0.4, -0.2) is 12.4 Å². The van der Waals surface area contributed by atoms with Gasteiger partial charge in [-0.1, -0.05) is 30.9 Å². The van der Waals surface area contributed by atoms with Crippen molar-refractivity contribution in [3.63, 3.8) is 0 Å². The zero-order valence-corrected chi connectivity index (χ0v) is 10.4. The summed E-state index contributed by atoms with van der Waals surface area (Å²) in [7, 11) is 0. The lowest BCUT2D eigenvalue weighted by Crippen LogP contribution is -1.99. The van der Waals surface area contributed by atoms with Crippen molar-refractivity contribution in [3.05, 3.63) is 54.1 Å². The standard InChI is InChI=1S/C15H18O2/c1-4-13(5-2)9-10-17-15-8-6-7-14(11-15)12(3)16/h4-8,11H,1,9-10H2,2-3H3/b13-5+. The third-order valence-electron chi connectivity index (χ3n) is 2.53. The summed E-state index contributed by atoms with van der Waals surface area (Å²) in [4.78, 5) is 11.2. The molecule has 0 radical (unpaired) electrons. The van der Waals surface area contributed by atoms with Crippen LogP contribution in [0, 0.1) is 0 Å². The lowest BCUT2D eigenvalue weighted by molar-refractivity contribution is 0.101. The Morgan fingerprint density at radius 2 is 2.24 bits per heavy atom. The van der Waals surface area contributed by atoms with Crippen LogP contribution < -0.4 is 4.74 Å². The summed E-state index contributed by atoms with van der Waals surface area (Å²) >= 11 is 0. The number of carbonyl (C=O) groups excluding carboxylic acids is 1. The molecule has 0 aliphatic heterocycles. The molecule has 0 aromatic heterocycles. The van der Waals surface area contributed by atoms with Gasteiger partial charge in [0.1, 0.15) is 5.75 Å². The van der Waals surface area contributed by atoms with Gasteiger partial charge < -0.3 is 4.74 Å². The van der Waals surface area contributed by atoms with Crippen LogP contribution in [0.25, 0.3) is 0 Å². The molecule has 0 fully saturated rings. The summed E-state index contributed by atoms with van der Waals surface area (Å²) < 4.78 is 5.59.